The predicted molar refractivity (Wildman–Crippen MR) is 124 cm³/mol. The molecule has 1 fully saturated rings. The molecule has 164 valence electrons. The number of nitrogens with zero attached hydrogens (tertiary/aromatic N) is 3. The Hall–Kier alpha value is -3.74. The van der Waals surface area contributed by atoms with Crippen molar-refractivity contribution in [3.05, 3.63) is 83.4 Å². The lowest BCUT2D eigenvalue weighted by atomic mass is 10.1. The molecule has 4 rings (SSSR count). The Balaban J connectivity index is 1.29. The molecule has 0 radical (unpaired) electrons. The van der Waals surface area contributed by atoms with Crippen LogP contribution >= 0.6 is 0 Å². The third-order valence-corrected chi connectivity index (χ3v) is 5.43. The van der Waals surface area contributed by atoms with E-state index in [9.17, 15) is 9.59 Å². The van der Waals surface area contributed by atoms with Gasteiger partial charge in [-0.1, -0.05) is 30.3 Å². The second kappa shape index (κ2) is 9.60. The summed E-state index contributed by atoms with van der Waals surface area (Å²) in [5.74, 6) is 0.289. The van der Waals surface area contributed by atoms with Crippen LogP contribution < -0.4 is 10.6 Å². The molecule has 0 saturated carbocycles. The maximum absolute atomic E-state index is 12.7. The number of anilines is 2. The number of amides is 2. The van der Waals surface area contributed by atoms with Crippen molar-refractivity contribution in [3.63, 3.8) is 0 Å². The van der Waals surface area contributed by atoms with Crippen LogP contribution in [-0.4, -0.2) is 33.2 Å². The number of nitrogens with one attached hydrogen (secondary N) is 2. The topological polar surface area (TPSA) is 87.2 Å². The van der Waals surface area contributed by atoms with Crippen LogP contribution in [0.25, 0.3) is 0 Å². The van der Waals surface area contributed by atoms with Crippen molar-refractivity contribution in [1.29, 1.82) is 0 Å². The number of likely N-dealkylation sites (tertiary alicyclic amines) is 1. The van der Waals surface area contributed by atoms with E-state index in [1.807, 2.05) is 74.5 Å². The zero-order valence-corrected chi connectivity index (χ0v) is 18.3. The fraction of sp³-hybridized carbons (Fsp3) is 0.280. The van der Waals surface area contributed by atoms with E-state index in [1.165, 1.54) is 0 Å². The Labute approximate surface area is 187 Å². The number of carbonyl (C=O) groups excluding carboxylic acids is 2. The van der Waals surface area contributed by atoms with Gasteiger partial charge in [-0.25, -0.2) is 9.97 Å². The zero-order chi connectivity index (χ0) is 22.5. The highest BCUT2D eigenvalue weighted by molar-refractivity contribution is 5.97. The molecule has 2 N–H and O–H groups in total. The first kappa shape index (κ1) is 21.5. The molecule has 0 aliphatic carbocycles. The molecule has 1 aliphatic rings. The summed E-state index contributed by atoms with van der Waals surface area (Å²) in [5.41, 5.74) is 4.57. The van der Waals surface area contributed by atoms with E-state index in [2.05, 4.69) is 20.6 Å². The van der Waals surface area contributed by atoms with Gasteiger partial charge in [-0.15, -0.1) is 0 Å². The highest BCUT2D eigenvalue weighted by atomic mass is 16.2. The molecule has 7 heteroatoms. The minimum atomic E-state index is -0.342. The minimum absolute atomic E-state index is 0.0159. The molecule has 1 unspecified atom stereocenters. The highest BCUT2D eigenvalue weighted by Gasteiger charge is 2.34. The lowest BCUT2D eigenvalue weighted by Gasteiger charge is -2.16. The summed E-state index contributed by atoms with van der Waals surface area (Å²) in [7, 11) is 0. The van der Waals surface area contributed by atoms with Gasteiger partial charge < -0.3 is 15.5 Å². The number of rotatable bonds is 7. The van der Waals surface area contributed by atoms with E-state index in [4.69, 9.17) is 0 Å². The molecular weight excluding hydrogens is 402 g/mol. The third kappa shape index (κ3) is 5.49. The fourth-order valence-corrected chi connectivity index (χ4v) is 3.88. The van der Waals surface area contributed by atoms with Crippen LogP contribution in [0.5, 0.6) is 0 Å². The lowest BCUT2D eigenvalue weighted by molar-refractivity contribution is -0.128. The van der Waals surface area contributed by atoms with Gasteiger partial charge in [0.25, 0.3) is 0 Å². The van der Waals surface area contributed by atoms with E-state index in [0.717, 1.165) is 28.5 Å². The number of hydrogen-bond donors (Lipinski definition) is 2. The van der Waals surface area contributed by atoms with Crippen LogP contribution in [0.15, 0.2) is 60.7 Å². The molecule has 2 heterocycles. The van der Waals surface area contributed by atoms with Crippen molar-refractivity contribution in [2.75, 3.05) is 17.2 Å². The van der Waals surface area contributed by atoms with Crippen molar-refractivity contribution in [3.8, 4) is 0 Å². The molecule has 2 amide bonds. The summed E-state index contributed by atoms with van der Waals surface area (Å²) in [6, 6.07) is 19.3. The van der Waals surface area contributed by atoms with E-state index in [1.54, 1.807) is 4.90 Å². The van der Waals surface area contributed by atoms with E-state index in [0.29, 0.717) is 25.3 Å². The molecule has 1 aliphatic heterocycles. The summed E-state index contributed by atoms with van der Waals surface area (Å²) in [5, 5.41) is 6.23. The molecule has 2 aromatic carbocycles. The Morgan fingerprint density at radius 2 is 1.66 bits per heavy atom. The Morgan fingerprint density at radius 1 is 1.00 bits per heavy atom. The quantitative estimate of drug-likeness (QED) is 0.598. The molecule has 32 heavy (non-hydrogen) atoms. The first-order valence-electron chi connectivity index (χ1n) is 10.7. The van der Waals surface area contributed by atoms with Crippen LogP contribution in [0.3, 0.4) is 0 Å². The van der Waals surface area contributed by atoms with Gasteiger partial charge in [-0.05, 0) is 49.7 Å². The van der Waals surface area contributed by atoms with Crippen LogP contribution in [0.2, 0.25) is 0 Å². The molecule has 1 aromatic heterocycles. The summed E-state index contributed by atoms with van der Waals surface area (Å²) in [6.45, 7) is 5.40. The second-order valence-electron chi connectivity index (χ2n) is 8.15. The summed E-state index contributed by atoms with van der Waals surface area (Å²) in [6.07, 6.45) is 0.244. The maximum Gasteiger partial charge on any atom is 0.229 e. The monoisotopic (exact) mass is 429 g/mol. The standard InChI is InChI=1S/C25H27N5O2/c1-17-12-18(2)28-23(27-17)14-26-21-8-10-22(11-9-21)29-25(32)20-13-24(31)30(16-20)15-19-6-4-3-5-7-19/h3-12,20,26H,13-16H2,1-2H3,(H,29,32). The Bertz CT molecular complexity index is 1080. The van der Waals surface area contributed by atoms with Gasteiger partial charge in [0.1, 0.15) is 5.82 Å². The summed E-state index contributed by atoms with van der Waals surface area (Å²) >= 11 is 0. The SMILES string of the molecule is Cc1cc(C)nc(CNc2ccc(NC(=O)C3CC(=O)N(Cc4ccccc4)C3)cc2)n1. The molecule has 1 saturated heterocycles. The van der Waals surface area contributed by atoms with Crippen LogP contribution in [-0.2, 0) is 22.7 Å². The van der Waals surface area contributed by atoms with E-state index in [-0.39, 0.29) is 24.2 Å². The maximum atomic E-state index is 12.7. The molecule has 1 atom stereocenters. The van der Waals surface area contributed by atoms with Gasteiger partial charge in [-0.3, -0.25) is 9.59 Å². The zero-order valence-electron chi connectivity index (χ0n) is 18.3. The first-order chi connectivity index (χ1) is 15.5. The first-order valence-corrected chi connectivity index (χ1v) is 10.7. The lowest BCUT2D eigenvalue weighted by Crippen LogP contribution is -2.28. The van der Waals surface area contributed by atoms with Gasteiger partial charge in [0.05, 0.1) is 12.5 Å². The fourth-order valence-electron chi connectivity index (χ4n) is 3.88. The van der Waals surface area contributed by atoms with E-state index < -0.39 is 0 Å². The van der Waals surface area contributed by atoms with Gasteiger partial charge in [0, 0.05) is 42.3 Å². The average molecular weight is 430 g/mol. The number of carbonyl (C=O) groups is 2. The predicted octanol–water partition coefficient (Wildman–Crippen LogP) is 3.69. The highest BCUT2D eigenvalue weighted by Crippen LogP contribution is 2.22. The Kier molecular flexibility index (Phi) is 6.44. The summed E-state index contributed by atoms with van der Waals surface area (Å²) < 4.78 is 0. The van der Waals surface area contributed by atoms with Crippen molar-refractivity contribution < 1.29 is 9.59 Å². The normalized spacial score (nSPS) is 15.6. The Morgan fingerprint density at radius 3 is 2.34 bits per heavy atom. The molecule has 0 spiro atoms. The summed E-state index contributed by atoms with van der Waals surface area (Å²) in [4.78, 5) is 35.6. The third-order valence-electron chi connectivity index (χ3n) is 5.43. The number of aromatic nitrogens is 2. The largest absolute Gasteiger partial charge is 0.378 e. The van der Waals surface area contributed by atoms with Crippen molar-refractivity contribution in [1.82, 2.24) is 14.9 Å². The van der Waals surface area contributed by atoms with Crippen LogP contribution in [0.1, 0.15) is 29.2 Å². The molecule has 0 bridgehead atoms. The molecular formula is C25H27N5O2. The minimum Gasteiger partial charge on any atom is -0.378 e. The number of aryl methyl sites for hydroxylation is 2. The second-order valence-corrected chi connectivity index (χ2v) is 8.15. The van der Waals surface area contributed by atoms with Gasteiger partial charge >= 0.3 is 0 Å². The van der Waals surface area contributed by atoms with Gasteiger partial charge in [0.2, 0.25) is 11.8 Å². The number of benzene rings is 2. The van der Waals surface area contributed by atoms with Crippen molar-refractivity contribution in [2.24, 2.45) is 5.92 Å². The number of hydrogen-bond acceptors (Lipinski definition) is 5. The van der Waals surface area contributed by atoms with Gasteiger partial charge in [0.15, 0.2) is 0 Å². The van der Waals surface area contributed by atoms with Crippen molar-refractivity contribution in [2.45, 2.75) is 33.4 Å². The van der Waals surface area contributed by atoms with E-state index >= 15 is 0 Å². The average Bonchev–Trinajstić information content (AvgIpc) is 3.14. The molecule has 3 aromatic rings. The molecule has 7 nitrogen and oxygen atoms in total. The van der Waals surface area contributed by atoms with Crippen LogP contribution in [0, 0.1) is 19.8 Å². The smallest absolute Gasteiger partial charge is 0.229 e. The van der Waals surface area contributed by atoms with Crippen LogP contribution in [0.4, 0.5) is 11.4 Å². The van der Waals surface area contributed by atoms with Crippen molar-refractivity contribution >= 4 is 23.2 Å². The van der Waals surface area contributed by atoms with Gasteiger partial charge in [-0.2, -0.15) is 0 Å².